The molecule has 0 saturated heterocycles. The first-order valence-electron chi connectivity index (χ1n) is 4.00. The molecule has 1 N–H and O–H groups in total. The summed E-state index contributed by atoms with van der Waals surface area (Å²) in [7, 11) is 0. The summed E-state index contributed by atoms with van der Waals surface area (Å²) < 4.78 is 0. The quantitative estimate of drug-likeness (QED) is 0.598. The third kappa shape index (κ3) is 6.43. The van der Waals surface area contributed by atoms with E-state index >= 15 is 0 Å². The van der Waals surface area contributed by atoms with Gasteiger partial charge in [0.15, 0.2) is 0 Å². The van der Waals surface area contributed by atoms with Crippen LogP contribution in [0.25, 0.3) is 0 Å². The highest BCUT2D eigenvalue weighted by Crippen LogP contribution is 1.97. The zero-order valence-electron chi connectivity index (χ0n) is 7.31. The molecule has 0 aromatic heterocycles. The third-order valence-electron chi connectivity index (χ3n) is 1.67. The van der Waals surface area contributed by atoms with E-state index in [2.05, 4.69) is 25.4 Å². The molecule has 1 atom stereocenters. The van der Waals surface area contributed by atoms with Crippen LogP contribution in [0.5, 0.6) is 0 Å². The summed E-state index contributed by atoms with van der Waals surface area (Å²) >= 11 is 1.90. The van der Waals surface area contributed by atoms with E-state index in [0.29, 0.717) is 0 Å². The van der Waals surface area contributed by atoms with Gasteiger partial charge < -0.3 is 5.32 Å². The Bertz CT molecular complexity index is 66.3. The fourth-order valence-electron chi connectivity index (χ4n) is 0.667. The first-order valence-corrected chi connectivity index (χ1v) is 5.40. The van der Waals surface area contributed by atoms with Crippen molar-refractivity contribution in [3.8, 4) is 0 Å². The number of thioether (sulfide) groups is 1. The molecule has 0 bridgehead atoms. The summed E-state index contributed by atoms with van der Waals surface area (Å²) in [6.07, 6.45) is 3.43. The molecule has 2 heteroatoms. The molecule has 62 valence electrons. The van der Waals surface area contributed by atoms with Crippen molar-refractivity contribution in [2.75, 3.05) is 25.1 Å². The van der Waals surface area contributed by atoms with Gasteiger partial charge in [0.25, 0.3) is 0 Å². The molecule has 0 amide bonds. The Morgan fingerprint density at radius 2 is 2.20 bits per heavy atom. The molecular formula is C8H19NS. The van der Waals surface area contributed by atoms with Crippen molar-refractivity contribution < 1.29 is 0 Å². The highest BCUT2D eigenvalue weighted by atomic mass is 32.2. The van der Waals surface area contributed by atoms with E-state index in [4.69, 9.17) is 0 Å². The maximum atomic E-state index is 3.42. The van der Waals surface area contributed by atoms with Crippen LogP contribution < -0.4 is 5.32 Å². The van der Waals surface area contributed by atoms with Gasteiger partial charge in [0.2, 0.25) is 0 Å². The largest absolute Gasteiger partial charge is 0.316 e. The second-order valence-corrected chi connectivity index (χ2v) is 3.70. The number of hydrogen-bond acceptors (Lipinski definition) is 2. The normalized spacial score (nSPS) is 13.5. The molecule has 0 radical (unpaired) electrons. The van der Waals surface area contributed by atoms with Crippen molar-refractivity contribution in [3.63, 3.8) is 0 Å². The Kier molecular flexibility index (Phi) is 7.65. The van der Waals surface area contributed by atoms with Crippen molar-refractivity contribution in [3.05, 3.63) is 0 Å². The predicted octanol–water partition coefficient (Wildman–Crippen LogP) is 1.99. The molecule has 0 aliphatic carbocycles. The summed E-state index contributed by atoms with van der Waals surface area (Å²) in [5.41, 5.74) is 0. The van der Waals surface area contributed by atoms with Crippen LogP contribution in [0.1, 0.15) is 20.3 Å². The zero-order valence-corrected chi connectivity index (χ0v) is 8.13. The van der Waals surface area contributed by atoms with Crippen LogP contribution in [-0.4, -0.2) is 25.1 Å². The highest BCUT2D eigenvalue weighted by molar-refractivity contribution is 7.98. The maximum absolute atomic E-state index is 3.42. The molecule has 0 fully saturated rings. The smallest absolute Gasteiger partial charge is 0.00553 e. The van der Waals surface area contributed by atoms with Gasteiger partial charge in [-0.05, 0) is 18.7 Å². The van der Waals surface area contributed by atoms with Crippen LogP contribution in [-0.2, 0) is 0 Å². The third-order valence-corrected chi connectivity index (χ3v) is 2.29. The molecular weight excluding hydrogens is 142 g/mol. The van der Waals surface area contributed by atoms with Crippen LogP contribution in [0, 0.1) is 5.92 Å². The van der Waals surface area contributed by atoms with E-state index in [1.165, 1.54) is 18.7 Å². The molecule has 10 heavy (non-hydrogen) atoms. The minimum absolute atomic E-state index is 0.835. The van der Waals surface area contributed by atoms with Gasteiger partial charge in [0.05, 0.1) is 0 Å². The lowest BCUT2D eigenvalue weighted by Gasteiger charge is -2.08. The molecule has 0 aromatic carbocycles. The van der Waals surface area contributed by atoms with Gasteiger partial charge in [-0.25, -0.2) is 0 Å². The van der Waals surface area contributed by atoms with E-state index < -0.39 is 0 Å². The van der Waals surface area contributed by atoms with Crippen LogP contribution in [0.3, 0.4) is 0 Å². The molecule has 0 rings (SSSR count). The lowest BCUT2D eigenvalue weighted by atomic mass is 10.1. The van der Waals surface area contributed by atoms with Crippen molar-refractivity contribution in [2.45, 2.75) is 20.3 Å². The summed E-state index contributed by atoms with van der Waals surface area (Å²) in [4.78, 5) is 0. The Balaban J connectivity index is 2.89. The first-order chi connectivity index (χ1) is 4.81. The summed E-state index contributed by atoms with van der Waals surface area (Å²) in [5, 5.41) is 3.42. The molecule has 0 aliphatic heterocycles. The Labute approximate surface area is 69.0 Å². The van der Waals surface area contributed by atoms with Gasteiger partial charge >= 0.3 is 0 Å². The molecule has 0 aromatic rings. The van der Waals surface area contributed by atoms with Crippen LogP contribution >= 0.6 is 11.8 Å². The van der Waals surface area contributed by atoms with E-state index in [-0.39, 0.29) is 0 Å². The van der Waals surface area contributed by atoms with Crippen LogP contribution in [0.2, 0.25) is 0 Å². The number of rotatable bonds is 6. The topological polar surface area (TPSA) is 12.0 Å². The minimum Gasteiger partial charge on any atom is -0.316 e. The molecule has 0 spiro atoms. The number of nitrogens with one attached hydrogen (secondary N) is 1. The van der Waals surface area contributed by atoms with Gasteiger partial charge in [-0.15, -0.1) is 0 Å². The van der Waals surface area contributed by atoms with Gasteiger partial charge in [-0.2, -0.15) is 11.8 Å². The molecule has 1 unspecified atom stereocenters. The molecule has 0 aliphatic rings. The van der Waals surface area contributed by atoms with Crippen molar-refractivity contribution in [2.24, 2.45) is 5.92 Å². The van der Waals surface area contributed by atoms with E-state index in [1.54, 1.807) is 0 Å². The van der Waals surface area contributed by atoms with E-state index in [9.17, 15) is 0 Å². The van der Waals surface area contributed by atoms with Gasteiger partial charge in [0, 0.05) is 12.3 Å². The van der Waals surface area contributed by atoms with Crippen molar-refractivity contribution in [1.29, 1.82) is 0 Å². The van der Waals surface area contributed by atoms with Gasteiger partial charge in [-0.1, -0.05) is 20.3 Å². The lowest BCUT2D eigenvalue weighted by molar-refractivity contribution is 0.511. The average Bonchev–Trinajstić information content (AvgIpc) is 1.98. The Hall–Kier alpha value is 0.310. The fraction of sp³-hybridized carbons (Fsp3) is 1.00. The molecule has 0 saturated carbocycles. The second-order valence-electron chi connectivity index (χ2n) is 2.71. The second kappa shape index (κ2) is 7.42. The number of hydrogen-bond donors (Lipinski definition) is 1. The van der Waals surface area contributed by atoms with Gasteiger partial charge in [-0.3, -0.25) is 0 Å². The van der Waals surface area contributed by atoms with E-state index in [1.807, 2.05) is 11.8 Å². The summed E-state index contributed by atoms with van der Waals surface area (Å²) in [6, 6.07) is 0. The Morgan fingerprint density at radius 1 is 1.50 bits per heavy atom. The lowest BCUT2D eigenvalue weighted by Crippen LogP contribution is -2.23. The molecule has 1 nitrogen and oxygen atoms in total. The average molecular weight is 161 g/mol. The van der Waals surface area contributed by atoms with Crippen molar-refractivity contribution >= 4 is 11.8 Å². The zero-order chi connectivity index (χ0) is 7.82. The highest BCUT2D eigenvalue weighted by Gasteiger charge is 1.95. The minimum atomic E-state index is 0.835. The monoisotopic (exact) mass is 161 g/mol. The SMILES string of the molecule is CCC(C)CNCCSC. The van der Waals surface area contributed by atoms with E-state index in [0.717, 1.165) is 12.5 Å². The summed E-state index contributed by atoms with van der Waals surface area (Å²) in [5.74, 6) is 2.07. The van der Waals surface area contributed by atoms with Gasteiger partial charge in [0.1, 0.15) is 0 Å². The van der Waals surface area contributed by atoms with Crippen LogP contribution in [0.15, 0.2) is 0 Å². The predicted molar refractivity (Wildman–Crippen MR) is 50.7 cm³/mol. The van der Waals surface area contributed by atoms with Crippen molar-refractivity contribution in [1.82, 2.24) is 5.32 Å². The van der Waals surface area contributed by atoms with Crippen LogP contribution in [0.4, 0.5) is 0 Å². The summed E-state index contributed by atoms with van der Waals surface area (Å²) in [6.45, 7) is 6.86. The standard InChI is InChI=1S/C8H19NS/c1-4-8(2)7-9-5-6-10-3/h8-9H,4-7H2,1-3H3. The maximum Gasteiger partial charge on any atom is 0.00553 e. The fourth-order valence-corrected chi connectivity index (χ4v) is 1.02. The Morgan fingerprint density at radius 3 is 2.70 bits per heavy atom. The molecule has 0 heterocycles. The first kappa shape index (κ1) is 10.3.